The Hall–Kier alpha value is -3.86. The Morgan fingerprint density at radius 3 is 2.47 bits per heavy atom. The van der Waals surface area contributed by atoms with E-state index in [0.29, 0.717) is 30.8 Å². The van der Waals surface area contributed by atoms with Gasteiger partial charge in [0.2, 0.25) is 0 Å². The molecule has 3 heterocycles. The molecular weight excluding hydrogens is 443 g/mol. The number of hydrogen-bond donors (Lipinski definition) is 0. The van der Waals surface area contributed by atoms with Crippen LogP contribution in [0.25, 0.3) is 11.1 Å². The van der Waals surface area contributed by atoms with Crippen LogP contribution in [-0.2, 0) is 12.7 Å². The molecule has 1 saturated heterocycles. The maximum atomic E-state index is 13.3. The number of hydrogen-bond acceptors (Lipinski definition) is 3. The molecule has 1 fully saturated rings. The molecule has 5 rings (SSSR count). The Labute approximate surface area is 193 Å². The van der Waals surface area contributed by atoms with Gasteiger partial charge in [-0.3, -0.25) is 9.59 Å². The number of carbonyl (C=O) groups excluding carboxylic acids is 1. The first-order chi connectivity index (χ1) is 16.2. The molecule has 5 nitrogen and oxygen atoms in total. The number of aromatic nitrogens is 1. The Bertz CT molecular complexity index is 1370. The van der Waals surface area contributed by atoms with Crippen molar-refractivity contribution in [3.05, 3.63) is 93.4 Å². The fraction of sp³-hybridized carbons (Fsp3) is 0.269. The number of piperidine rings is 1. The maximum absolute atomic E-state index is 13.3. The fourth-order valence-corrected chi connectivity index (χ4v) is 5.06. The first-order valence-corrected chi connectivity index (χ1v) is 11.0. The summed E-state index contributed by atoms with van der Waals surface area (Å²) in [5.74, 6) is -0.0725. The number of halogens is 3. The van der Waals surface area contributed by atoms with Gasteiger partial charge >= 0.3 is 6.18 Å². The average Bonchev–Trinajstić information content (AvgIpc) is 2.84. The molecule has 34 heavy (non-hydrogen) atoms. The highest BCUT2D eigenvalue weighted by atomic mass is 19.4. The van der Waals surface area contributed by atoms with E-state index in [1.807, 2.05) is 6.07 Å². The molecule has 0 aliphatic carbocycles. The number of carbonyl (C=O) groups is 1. The van der Waals surface area contributed by atoms with E-state index in [0.717, 1.165) is 24.2 Å². The topological polar surface area (TPSA) is 66.1 Å². The molecule has 3 aromatic rings. The van der Waals surface area contributed by atoms with Crippen molar-refractivity contribution in [2.24, 2.45) is 5.92 Å². The van der Waals surface area contributed by atoms with Crippen molar-refractivity contribution in [2.75, 3.05) is 13.1 Å². The lowest BCUT2D eigenvalue weighted by molar-refractivity contribution is -0.137. The lowest BCUT2D eigenvalue weighted by Crippen LogP contribution is -2.49. The van der Waals surface area contributed by atoms with Crippen LogP contribution < -0.4 is 5.56 Å². The minimum atomic E-state index is -4.48. The number of fused-ring (bicyclic) bond motifs is 4. The minimum absolute atomic E-state index is 0.0295. The number of amides is 1. The van der Waals surface area contributed by atoms with Crippen LogP contribution in [0.2, 0.25) is 0 Å². The second kappa shape index (κ2) is 8.17. The zero-order valence-corrected chi connectivity index (χ0v) is 18.0. The Balaban J connectivity index is 1.44. The maximum Gasteiger partial charge on any atom is 0.416 e. The molecule has 0 unspecified atom stereocenters. The molecule has 0 N–H and O–H groups in total. The van der Waals surface area contributed by atoms with Gasteiger partial charge in [-0.2, -0.15) is 18.4 Å². The lowest BCUT2D eigenvalue weighted by atomic mass is 9.82. The number of alkyl halides is 3. The van der Waals surface area contributed by atoms with Crippen molar-refractivity contribution in [1.29, 1.82) is 5.26 Å². The Morgan fingerprint density at radius 2 is 1.76 bits per heavy atom. The van der Waals surface area contributed by atoms with E-state index in [9.17, 15) is 22.8 Å². The first kappa shape index (κ1) is 22.0. The molecule has 2 aliphatic heterocycles. The monoisotopic (exact) mass is 463 g/mol. The third kappa shape index (κ3) is 3.87. The van der Waals surface area contributed by atoms with E-state index < -0.39 is 11.7 Å². The van der Waals surface area contributed by atoms with Gasteiger partial charge in [-0.05, 0) is 66.4 Å². The van der Waals surface area contributed by atoms with Crippen molar-refractivity contribution >= 4 is 5.91 Å². The van der Waals surface area contributed by atoms with E-state index in [4.69, 9.17) is 5.26 Å². The zero-order valence-electron chi connectivity index (χ0n) is 18.0. The standard InChI is InChI=1S/C26H20F3N3O2/c27-26(28,29)21-3-1-2-19(11-21)22-8-9-23-20-10-17(14-32(23)25(22)34)13-31(15-20)24(33)18-6-4-16(12-30)5-7-18/h1-9,11,17,20H,10,13-15H2/t17-,20-/m1/s1. The second-order valence-electron chi connectivity index (χ2n) is 8.86. The molecule has 1 amide bonds. The summed E-state index contributed by atoms with van der Waals surface area (Å²) in [6.07, 6.45) is -3.64. The largest absolute Gasteiger partial charge is 0.416 e. The summed E-state index contributed by atoms with van der Waals surface area (Å²) >= 11 is 0. The van der Waals surface area contributed by atoms with Crippen LogP contribution in [-0.4, -0.2) is 28.5 Å². The fourth-order valence-electron chi connectivity index (χ4n) is 5.06. The van der Waals surface area contributed by atoms with E-state index in [-0.39, 0.29) is 34.4 Å². The molecule has 0 spiro atoms. The lowest BCUT2D eigenvalue weighted by Gasteiger charge is -2.43. The summed E-state index contributed by atoms with van der Waals surface area (Å²) in [4.78, 5) is 28.1. The predicted octanol–water partition coefficient (Wildman–Crippen LogP) is 4.67. The number of rotatable bonds is 2. The molecular formula is C26H20F3N3O2. The van der Waals surface area contributed by atoms with Gasteiger partial charge in [0.05, 0.1) is 17.2 Å². The molecule has 2 atom stereocenters. The third-order valence-corrected chi connectivity index (χ3v) is 6.65. The van der Waals surface area contributed by atoms with Crippen molar-refractivity contribution < 1.29 is 18.0 Å². The number of pyridine rings is 1. The molecule has 0 radical (unpaired) electrons. The van der Waals surface area contributed by atoms with Crippen molar-refractivity contribution in [1.82, 2.24) is 9.47 Å². The van der Waals surface area contributed by atoms with Crippen LogP contribution >= 0.6 is 0 Å². The minimum Gasteiger partial charge on any atom is -0.338 e. The third-order valence-electron chi connectivity index (χ3n) is 6.65. The van der Waals surface area contributed by atoms with Gasteiger partial charge in [0.1, 0.15) is 0 Å². The summed E-state index contributed by atoms with van der Waals surface area (Å²) in [6.45, 7) is 1.36. The highest BCUT2D eigenvalue weighted by Gasteiger charge is 2.37. The van der Waals surface area contributed by atoms with Gasteiger partial charge in [0, 0.05) is 42.4 Å². The van der Waals surface area contributed by atoms with Crippen molar-refractivity contribution in [3.63, 3.8) is 0 Å². The van der Waals surface area contributed by atoms with Gasteiger partial charge in [-0.1, -0.05) is 12.1 Å². The van der Waals surface area contributed by atoms with E-state index in [1.54, 1.807) is 45.9 Å². The van der Waals surface area contributed by atoms with E-state index >= 15 is 0 Å². The molecule has 2 bridgehead atoms. The highest BCUT2D eigenvalue weighted by Crippen LogP contribution is 2.37. The second-order valence-corrected chi connectivity index (χ2v) is 8.86. The van der Waals surface area contributed by atoms with E-state index in [2.05, 4.69) is 0 Å². The van der Waals surface area contributed by atoms with Gasteiger partial charge < -0.3 is 9.47 Å². The van der Waals surface area contributed by atoms with Crippen LogP contribution in [0.4, 0.5) is 13.2 Å². The molecule has 172 valence electrons. The van der Waals surface area contributed by atoms with Crippen LogP contribution in [0.1, 0.15) is 39.5 Å². The van der Waals surface area contributed by atoms with Gasteiger partial charge in [-0.25, -0.2) is 0 Å². The molecule has 2 aromatic carbocycles. The Kier molecular flexibility index (Phi) is 5.28. The summed E-state index contributed by atoms with van der Waals surface area (Å²) in [5, 5.41) is 8.96. The summed E-state index contributed by atoms with van der Waals surface area (Å²) in [6, 6.07) is 16.8. The van der Waals surface area contributed by atoms with Crippen LogP contribution in [0, 0.1) is 17.2 Å². The zero-order chi connectivity index (χ0) is 24.0. The van der Waals surface area contributed by atoms with Crippen LogP contribution in [0.3, 0.4) is 0 Å². The summed E-state index contributed by atoms with van der Waals surface area (Å²) in [7, 11) is 0. The van der Waals surface area contributed by atoms with E-state index in [1.165, 1.54) is 12.1 Å². The summed E-state index contributed by atoms with van der Waals surface area (Å²) < 4.78 is 41.1. The van der Waals surface area contributed by atoms with Crippen molar-refractivity contribution in [2.45, 2.75) is 25.1 Å². The van der Waals surface area contributed by atoms with Crippen LogP contribution in [0.5, 0.6) is 0 Å². The molecule has 1 aromatic heterocycles. The number of nitriles is 1. The number of likely N-dealkylation sites (tertiary alicyclic amines) is 1. The molecule has 2 aliphatic rings. The van der Waals surface area contributed by atoms with Crippen molar-refractivity contribution in [3.8, 4) is 17.2 Å². The number of benzene rings is 2. The normalized spacial score (nSPS) is 19.3. The van der Waals surface area contributed by atoms with Crippen LogP contribution in [0.15, 0.2) is 65.5 Å². The molecule has 8 heteroatoms. The quantitative estimate of drug-likeness (QED) is 0.555. The highest BCUT2D eigenvalue weighted by molar-refractivity contribution is 5.94. The SMILES string of the molecule is N#Cc1ccc(C(=O)N2C[C@H]3C[C@H](C2)c2ccc(-c4cccc(C(F)(F)F)c4)c(=O)n2C3)cc1. The average molecular weight is 463 g/mol. The predicted molar refractivity (Wildman–Crippen MR) is 119 cm³/mol. The Morgan fingerprint density at radius 1 is 1.00 bits per heavy atom. The molecule has 0 saturated carbocycles. The van der Waals surface area contributed by atoms with Gasteiger partial charge in [0.15, 0.2) is 0 Å². The smallest absolute Gasteiger partial charge is 0.338 e. The summed E-state index contributed by atoms with van der Waals surface area (Å²) in [5.41, 5.74) is 1.17. The first-order valence-electron chi connectivity index (χ1n) is 11.0. The number of nitrogens with zero attached hydrogens (tertiary/aromatic N) is 3. The van der Waals surface area contributed by atoms with Gasteiger partial charge in [-0.15, -0.1) is 0 Å². The van der Waals surface area contributed by atoms with Gasteiger partial charge in [0.25, 0.3) is 11.5 Å².